The minimum Gasteiger partial charge on any atom is -0.478 e. The third kappa shape index (κ3) is 3.38. The van der Waals surface area contributed by atoms with E-state index in [1.807, 2.05) is 32.2 Å². The first-order valence-corrected chi connectivity index (χ1v) is 8.12. The fraction of sp³-hybridized carbons (Fsp3) is 0.211. The van der Waals surface area contributed by atoms with Crippen LogP contribution in [0, 0.1) is 6.92 Å². The second kappa shape index (κ2) is 6.76. The Morgan fingerprint density at radius 1 is 1.24 bits per heavy atom. The number of aryl methyl sites for hydroxylation is 2. The van der Waals surface area contributed by atoms with Gasteiger partial charge in [0.2, 0.25) is 0 Å². The number of aromatic carboxylic acids is 1. The monoisotopic (exact) mass is 337 g/mol. The van der Waals surface area contributed by atoms with Crippen LogP contribution in [0.25, 0.3) is 5.65 Å². The fourth-order valence-electron chi connectivity index (χ4n) is 2.77. The lowest BCUT2D eigenvalue weighted by Gasteiger charge is -2.08. The molecule has 0 aliphatic heterocycles. The van der Waals surface area contributed by atoms with Crippen molar-refractivity contribution in [1.82, 2.24) is 9.38 Å². The van der Waals surface area contributed by atoms with E-state index in [0.717, 1.165) is 23.3 Å². The van der Waals surface area contributed by atoms with Crippen molar-refractivity contribution in [2.45, 2.75) is 26.7 Å². The van der Waals surface area contributed by atoms with Crippen LogP contribution in [-0.2, 0) is 6.42 Å². The van der Waals surface area contributed by atoms with Crippen LogP contribution in [0.5, 0.6) is 0 Å². The Balaban J connectivity index is 2.00. The predicted octanol–water partition coefficient (Wildman–Crippen LogP) is 3.55. The van der Waals surface area contributed by atoms with Gasteiger partial charge in [0.05, 0.1) is 11.3 Å². The zero-order chi connectivity index (χ0) is 18.0. The van der Waals surface area contributed by atoms with E-state index in [9.17, 15) is 9.59 Å². The van der Waals surface area contributed by atoms with Crippen molar-refractivity contribution in [3.8, 4) is 0 Å². The van der Waals surface area contributed by atoms with Crippen molar-refractivity contribution in [3.63, 3.8) is 0 Å². The van der Waals surface area contributed by atoms with Crippen LogP contribution >= 0.6 is 0 Å². The number of pyridine rings is 1. The lowest BCUT2D eigenvalue weighted by atomic mass is 10.2. The molecular weight excluding hydrogens is 318 g/mol. The van der Waals surface area contributed by atoms with Crippen molar-refractivity contribution in [3.05, 3.63) is 65.1 Å². The number of amides is 1. The summed E-state index contributed by atoms with van der Waals surface area (Å²) in [6.45, 7) is 4.01. The number of aromatic nitrogens is 2. The number of imidazole rings is 1. The first kappa shape index (κ1) is 16.7. The fourth-order valence-corrected chi connectivity index (χ4v) is 2.77. The maximum Gasteiger partial charge on any atom is 0.335 e. The number of fused-ring (bicyclic) bond motifs is 1. The van der Waals surface area contributed by atoms with E-state index < -0.39 is 5.97 Å². The van der Waals surface area contributed by atoms with E-state index in [1.165, 1.54) is 12.1 Å². The Kier molecular flexibility index (Phi) is 4.52. The third-order valence-electron chi connectivity index (χ3n) is 3.92. The van der Waals surface area contributed by atoms with Crippen molar-refractivity contribution >= 4 is 23.2 Å². The van der Waals surface area contributed by atoms with Crippen LogP contribution in [0.1, 0.15) is 45.4 Å². The van der Waals surface area contributed by atoms with Gasteiger partial charge in [-0.25, -0.2) is 9.78 Å². The van der Waals surface area contributed by atoms with Crippen molar-refractivity contribution in [1.29, 1.82) is 0 Å². The van der Waals surface area contributed by atoms with Crippen LogP contribution in [0.15, 0.2) is 42.6 Å². The Bertz CT molecular complexity index is 960. The third-order valence-corrected chi connectivity index (χ3v) is 3.92. The second-order valence-electron chi connectivity index (χ2n) is 5.93. The number of hydrogen-bond acceptors (Lipinski definition) is 3. The molecule has 0 aliphatic carbocycles. The zero-order valence-corrected chi connectivity index (χ0v) is 14.1. The average Bonchev–Trinajstić information content (AvgIpc) is 2.92. The van der Waals surface area contributed by atoms with Gasteiger partial charge in [0.15, 0.2) is 0 Å². The minimum atomic E-state index is -1.03. The van der Waals surface area contributed by atoms with E-state index in [2.05, 4.69) is 10.3 Å². The maximum absolute atomic E-state index is 12.8. The molecule has 2 N–H and O–H groups in total. The van der Waals surface area contributed by atoms with Crippen LogP contribution in [0.2, 0.25) is 0 Å². The van der Waals surface area contributed by atoms with Gasteiger partial charge in [0, 0.05) is 11.9 Å². The summed E-state index contributed by atoms with van der Waals surface area (Å²) in [6.07, 6.45) is 3.40. The molecule has 0 spiro atoms. The highest BCUT2D eigenvalue weighted by Crippen LogP contribution is 2.18. The van der Waals surface area contributed by atoms with Gasteiger partial charge in [0.1, 0.15) is 11.3 Å². The van der Waals surface area contributed by atoms with E-state index in [4.69, 9.17) is 5.11 Å². The Labute approximate surface area is 145 Å². The number of nitrogens with zero attached hydrogens (tertiary/aromatic N) is 2. The summed E-state index contributed by atoms with van der Waals surface area (Å²) in [4.78, 5) is 28.5. The predicted molar refractivity (Wildman–Crippen MR) is 95.3 cm³/mol. The summed E-state index contributed by atoms with van der Waals surface area (Å²) in [5, 5.41) is 11.9. The van der Waals surface area contributed by atoms with Crippen molar-refractivity contribution in [2.24, 2.45) is 0 Å². The normalized spacial score (nSPS) is 10.8. The van der Waals surface area contributed by atoms with E-state index in [1.54, 1.807) is 16.5 Å². The summed E-state index contributed by atoms with van der Waals surface area (Å²) in [5.41, 5.74) is 3.59. The highest BCUT2D eigenvalue weighted by atomic mass is 16.4. The summed E-state index contributed by atoms with van der Waals surface area (Å²) in [7, 11) is 0. The second-order valence-corrected chi connectivity index (χ2v) is 5.93. The number of benzene rings is 1. The number of carbonyl (C=O) groups excluding carboxylic acids is 1. The van der Waals surface area contributed by atoms with Crippen LogP contribution in [-0.4, -0.2) is 26.4 Å². The van der Waals surface area contributed by atoms with Gasteiger partial charge in [-0.1, -0.05) is 19.4 Å². The molecule has 0 radical (unpaired) electrons. The van der Waals surface area contributed by atoms with Crippen LogP contribution in [0.3, 0.4) is 0 Å². The molecule has 0 unspecified atom stereocenters. The molecule has 0 saturated carbocycles. The van der Waals surface area contributed by atoms with E-state index >= 15 is 0 Å². The standard InChI is InChI=1S/C19H19N3O3/c1-3-5-15-17(22-9-8-12(2)10-16(22)21-15)18(23)20-14-7-4-6-13(11-14)19(24)25/h4,6-11H,3,5H2,1-2H3,(H,20,23)(H,24,25). The van der Waals surface area contributed by atoms with E-state index in [0.29, 0.717) is 17.8 Å². The molecule has 0 aliphatic rings. The molecule has 3 aromatic rings. The summed E-state index contributed by atoms with van der Waals surface area (Å²) in [6, 6.07) is 10.0. The van der Waals surface area contributed by atoms with Gasteiger partial charge in [0.25, 0.3) is 5.91 Å². The lowest BCUT2D eigenvalue weighted by Crippen LogP contribution is -2.16. The molecule has 2 aromatic heterocycles. The number of carbonyl (C=O) groups is 2. The molecule has 3 rings (SSSR count). The Morgan fingerprint density at radius 3 is 2.76 bits per heavy atom. The molecular formula is C19H19N3O3. The number of carboxylic acids is 1. The molecule has 0 saturated heterocycles. The van der Waals surface area contributed by atoms with E-state index in [-0.39, 0.29) is 11.5 Å². The molecule has 6 heteroatoms. The summed E-state index contributed by atoms with van der Waals surface area (Å²) in [5.74, 6) is -1.34. The molecule has 0 fully saturated rings. The van der Waals surface area contributed by atoms with Crippen LogP contribution in [0.4, 0.5) is 5.69 Å². The molecule has 0 bridgehead atoms. The Morgan fingerprint density at radius 2 is 2.04 bits per heavy atom. The highest BCUT2D eigenvalue weighted by molar-refractivity contribution is 6.05. The van der Waals surface area contributed by atoms with Gasteiger partial charge in [-0.05, 0) is 49.2 Å². The number of carboxylic acid groups (broad SMARTS) is 1. The minimum absolute atomic E-state index is 0.125. The van der Waals surface area contributed by atoms with Crippen LogP contribution < -0.4 is 5.32 Å². The maximum atomic E-state index is 12.8. The highest BCUT2D eigenvalue weighted by Gasteiger charge is 2.19. The molecule has 25 heavy (non-hydrogen) atoms. The molecule has 128 valence electrons. The summed E-state index contributed by atoms with van der Waals surface area (Å²) < 4.78 is 1.77. The van der Waals surface area contributed by atoms with Gasteiger partial charge in [-0.2, -0.15) is 0 Å². The largest absolute Gasteiger partial charge is 0.478 e. The van der Waals surface area contributed by atoms with Crippen molar-refractivity contribution < 1.29 is 14.7 Å². The molecule has 2 heterocycles. The number of anilines is 1. The number of nitrogens with one attached hydrogen (secondary N) is 1. The first-order chi connectivity index (χ1) is 12.0. The number of hydrogen-bond donors (Lipinski definition) is 2. The lowest BCUT2D eigenvalue weighted by molar-refractivity contribution is 0.0696. The molecule has 1 aromatic carbocycles. The van der Waals surface area contributed by atoms with Gasteiger partial charge >= 0.3 is 5.97 Å². The van der Waals surface area contributed by atoms with Gasteiger partial charge in [-0.3, -0.25) is 9.20 Å². The quantitative estimate of drug-likeness (QED) is 0.746. The summed E-state index contributed by atoms with van der Waals surface area (Å²) >= 11 is 0. The Hall–Kier alpha value is -3.15. The first-order valence-electron chi connectivity index (χ1n) is 8.12. The average molecular weight is 337 g/mol. The van der Waals surface area contributed by atoms with Gasteiger partial charge < -0.3 is 10.4 Å². The topological polar surface area (TPSA) is 83.7 Å². The molecule has 0 atom stereocenters. The number of rotatable bonds is 5. The molecule has 1 amide bonds. The molecule has 6 nitrogen and oxygen atoms in total. The zero-order valence-electron chi connectivity index (χ0n) is 14.1. The van der Waals surface area contributed by atoms with Gasteiger partial charge in [-0.15, -0.1) is 0 Å². The smallest absolute Gasteiger partial charge is 0.335 e. The SMILES string of the molecule is CCCc1nc2cc(C)ccn2c1C(=O)Nc1cccc(C(=O)O)c1. The van der Waals surface area contributed by atoms with Crippen molar-refractivity contribution in [2.75, 3.05) is 5.32 Å².